The molecular weight excluding hydrogens is 294 g/mol. The molecular formula is C14H20ClN3O3. The second-order valence-corrected chi connectivity index (χ2v) is 4.78. The molecule has 1 atom stereocenters. The highest BCUT2D eigenvalue weighted by atomic mass is 35.5. The molecule has 0 bridgehead atoms. The molecule has 1 fully saturated rings. The molecule has 0 aromatic heterocycles. The quantitative estimate of drug-likeness (QED) is 0.789. The molecule has 116 valence electrons. The Morgan fingerprint density at radius 2 is 2.10 bits per heavy atom. The van der Waals surface area contributed by atoms with Crippen molar-refractivity contribution in [3.05, 3.63) is 18.2 Å². The Labute approximate surface area is 130 Å². The van der Waals surface area contributed by atoms with E-state index in [0.717, 1.165) is 13.0 Å². The van der Waals surface area contributed by atoms with Crippen LogP contribution in [0.5, 0.6) is 5.75 Å². The average Bonchev–Trinajstić information content (AvgIpc) is 2.94. The number of amides is 2. The number of methoxy groups -OCH3 is 1. The molecule has 0 radical (unpaired) electrons. The molecule has 0 saturated carbocycles. The summed E-state index contributed by atoms with van der Waals surface area (Å²) in [7, 11) is 1.52. The Kier molecular flexibility index (Phi) is 6.45. The molecule has 2 rings (SSSR count). The number of nitrogens with one attached hydrogen (secondary N) is 3. The lowest BCUT2D eigenvalue weighted by Crippen LogP contribution is -2.24. The minimum atomic E-state index is -0.169. The maximum Gasteiger partial charge on any atom is 0.228 e. The zero-order valence-corrected chi connectivity index (χ0v) is 12.9. The lowest BCUT2D eigenvalue weighted by Gasteiger charge is -2.13. The van der Waals surface area contributed by atoms with Gasteiger partial charge in [0.15, 0.2) is 0 Å². The van der Waals surface area contributed by atoms with Gasteiger partial charge in [0.2, 0.25) is 11.8 Å². The first-order valence-corrected chi connectivity index (χ1v) is 6.57. The smallest absolute Gasteiger partial charge is 0.228 e. The number of hydrogen-bond donors (Lipinski definition) is 3. The summed E-state index contributed by atoms with van der Waals surface area (Å²) in [4.78, 5) is 23.1. The van der Waals surface area contributed by atoms with E-state index in [2.05, 4.69) is 16.0 Å². The Hall–Kier alpha value is -1.79. The van der Waals surface area contributed by atoms with Crippen molar-refractivity contribution in [2.24, 2.45) is 5.92 Å². The van der Waals surface area contributed by atoms with Crippen LogP contribution in [0.1, 0.15) is 13.3 Å². The van der Waals surface area contributed by atoms with Crippen LogP contribution in [-0.2, 0) is 9.59 Å². The van der Waals surface area contributed by atoms with Crippen LogP contribution in [0, 0.1) is 5.92 Å². The van der Waals surface area contributed by atoms with Gasteiger partial charge in [0.05, 0.1) is 18.7 Å². The van der Waals surface area contributed by atoms with Gasteiger partial charge >= 0.3 is 0 Å². The van der Waals surface area contributed by atoms with Gasteiger partial charge < -0.3 is 20.7 Å². The molecule has 1 aromatic carbocycles. The van der Waals surface area contributed by atoms with Crippen molar-refractivity contribution in [2.75, 3.05) is 30.8 Å². The summed E-state index contributed by atoms with van der Waals surface area (Å²) in [5.74, 6) is 0.361. The van der Waals surface area contributed by atoms with Crippen LogP contribution in [0.3, 0.4) is 0 Å². The molecule has 7 heteroatoms. The lowest BCUT2D eigenvalue weighted by atomic mass is 10.1. The number of carbonyl (C=O) groups excluding carboxylic acids is 2. The number of carbonyl (C=O) groups is 2. The minimum absolute atomic E-state index is 0. The fraction of sp³-hybridized carbons (Fsp3) is 0.429. The Bertz CT molecular complexity index is 516. The lowest BCUT2D eigenvalue weighted by molar-refractivity contribution is -0.119. The van der Waals surface area contributed by atoms with Gasteiger partial charge in [-0.3, -0.25) is 9.59 Å². The van der Waals surface area contributed by atoms with Gasteiger partial charge in [-0.2, -0.15) is 0 Å². The SMILES string of the molecule is COc1cc(NC(=O)C2CCNC2)ccc1NC(C)=O.Cl. The highest BCUT2D eigenvalue weighted by molar-refractivity contribution is 5.95. The van der Waals surface area contributed by atoms with Gasteiger partial charge in [-0.05, 0) is 25.1 Å². The van der Waals surface area contributed by atoms with Gasteiger partial charge in [0.25, 0.3) is 0 Å². The van der Waals surface area contributed by atoms with E-state index in [4.69, 9.17) is 4.74 Å². The molecule has 3 N–H and O–H groups in total. The number of benzene rings is 1. The van der Waals surface area contributed by atoms with Gasteiger partial charge in [-0.1, -0.05) is 0 Å². The minimum Gasteiger partial charge on any atom is -0.494 e. The molecule has 2 amide bonds. The zero-order valence-electron chi connectivity index (χ0n) is 12.1. The third kappa shape index (κ3) is 4.61. The van der Waals surface area contributed by atoms with Crippen molar-refractivity contribution < 1.29 is 14.3 Å². The molecule has 6 nitrogen and oxygen atoms in total. The third-order valence-electron chi connectivity index (χ3n) is 3.21. The molecule has 1 aliphatic rings. The highest BCUT2D eigenvalue weighted by Gasteiger charge is 2.22. The van der Waals surface area contributed by atoms with Gasteiger partial charge in [-0.15, -0.1) is 12.4 Å². The van der Waals surface area contributed by atoms with Crippen LogP contribution in [0.4, 0.5) is 11.4 Å². The predicted octanol–water partition coefficient (Wildman–Crippen LogP) is 1.62. The summed E-state index contributed by atoms with van der Waals surface area (Å²) >= 11 is 0. The van der Waals surface area contributed by atoms with Gasteiger partial charge in [-0.25, -0.2) is 0 Å². The maximum absolute atomic E-state index is 12.0. The van der Waals surface area contributed by atoms with Crippen LogP contribution in [0.15, 0.2) is 18.2 Å². The zero-order chi connectivity index (χ0) is 14.5. The average molecular weight is 314 g/mol. The van der Waals surface area contributed by atoms with E-state index in [9.17, 15) is 9.59 Å². The van der Waals surface area contributed by atoms with Crippen molar-refractivity contribution in [1.29, 1.82) is 0 Å². The van der Waals surface area contributed by atoms with Crippen LogP contribution in [-0.4, -0.2) is 32.0 Å². The molecule has 1 heterocycles. The summed E-state index contributed by atoms with van der Waals surface area (Å²) in [6.45, 7) is 3.03. The molecule has 1 saturated heterocycles. The monoisotopic (exact) mass is 313 g/mol. The summed E-state index contributed by atoms with van der Waals surface area (Å²) < 4.78 is 5.22. The fourth-order valence-corrected chi connectivity index (χ4v) is 2.18. The summed E-state index contributed by atoms with van der Waals surface area (Å²) in [6, 6.07) is 5.16. The maximum atomic E-state index is 12.0. The van der Waals surface area contributed by atoms with Crippen molar-refractivity contribution in [3.8, 4) is 5.75 Å². The van der Waals surface area contributed by atoms with Crippen molar-refractivity contribution in [3.63, 3.8) is 0 Å². The molecule has 0 aliphatic carbocycles. The second kappa shape index (κ2) is 7.85. The fourth-order valence-electron chi connectivity index (χ4n) is 2.18. The highest BCUT2D eigenvalue weighted by Crippen LogP contribution is 2.28. The Morgan fingerprint density at radius 1 is 1.33 bits per heavy atom. The Balaban J connectivity index is 0.00000220. The third-order valence-corrected chi connectivity index (χ3v) is 3.21. The van der Waals surface area contributed by atoms with Crippen molar-refractivity contribution in [2.45, 2.75) is 13.3 Å². The van der Waals surface area contributed by atoms with E-state index in [1.54, 1.807) is 18.2 Å². The largest absolute Gasteiger partial charge is 0.494 e. The van der Waals surface area contributed by atoms with Gasteiger partial charge in [0, 0.05) is 25.2 Å². The van der Waals surface area contributed by atoms with E-state index in [-0.39, 0.29) is 30.1 Å². The summed E-state index contributed by atoms with van der Waals surface area (Å²) in [5, 5.41) is 8.70. The molecule has 21 heavy (non-hydrogen) atoms. The predicted molar refractivity (Wildman–Crippen MR) is 84.2 cm³/mol. The van der Waals surface area contributed by atoms with Crippen LogP contribution >= 0.6 is 12.4 Å². The molecule has 1 aliphatic heterocycles. The topological polar surface area (TPSA) is 79.5 Å². The Morgan fingerprint density at radius 3 is 2.67 bits per heavy atom. The first-order valence-electron chi connectivity index (χ1n) is 6.57. The van der Waals surface area contributed by atoms with E-state index in [1.807, 2.05) is 0 Å². The van der Waals surface area contributed by atoms with Crippen LogP contribution in [0.2, 0.25) is 0 Å². The van der Waals surface area contributed by atoms with Gasteiger partial charge in [0.1, 0.15) is 5.75 Å². The van der Waals surface area contributed by atoms with E-state index >= 15 is 0 Å². The van der Waals surface area contributed by atoms with E-state index in [0.29, 0.717) is 23.7 Å². The number of hydrogen-bond acceptors (Lipinski definition) is 4. The summed E-state index contributed by atoms with van der Waals surface area (Å²) in [6.07, 6.45) is 0.854. The molecule has 1 unspecified atom stereocenters. The normalized spacial score (nSPS) is 16.8. The molecule has 0 spiro atoms. The van der Waals surface area contributed by atoms with Crippen LogP contribution in [0.25, 0.3) is 0 Å². The first-order chi connectivity index (χ1) is 9.60. The number of halogens is 1. The van der Waals surface area contributed by atoms with E-state index in [1.165, 1.54) is 14.0 Å². The molecule has 1 aromatic rings. The van der Waals surface area contributed by atoms with Crippen molar-refractivity contribution >= 4 is 35.6 Å². The van der Waals surface area contributed by atoms with Crippen LogP contribution < -0.4 is 20.7 Å². The first kappa shape index (κ1) is 17.3. The number of rotatable bonds is 4. The second-order valence-electron chi connectivity index (χ2n) is 4.78. The number of ether oxygens (including phenoxy) is 1. The number of anilines is 2. The van der Waals surface area contributed by atoms with E-state index < -0.39 is 0 Å². The van der Waals surface area contributed by atoms with Crippen molar-refractivity contribution in [1.82, 2.24) is 5.32 Å². The summed E-state index contributed by atoms with van der Waals surface area (Å²) in [5.41, 5.74) is 1.24. The standard InChI is InChI=1S/C14H19N3O3.ClH/c1-9(18)16-12-4-3-11(7-13(12)20-2)17-14(19)10-5-6-15-8-10;/h3-4,7,10,15H,5-6,8H2,1-2H3,(H,16,18)(H,17,19);1H.